The highest BCUT2D eigenvalue weighted by Crippen LogP contribution is 2.29. The predicted molar refractivity (Wildman–Crippen MR) is 132 cm³/mol. The van der Waals surface area contributed by atoms with Crippen LogP contribution in [0.3, 0.4) is 0 Å². The number of amides is 1. The molecule has 0 saturated carbocycles. The van der Waals surface area contributed by atoms with E-state index in [0.29, 0.717) is 12.2 Å². The number of hydrogen-bond donors (Lipinski definition) is 1. The molecule has 0 bridgehead atoms. The molecule has 4 aromatic carbocycles. The molecule has 1 N–H and O–H groups in total. The first-order chi connectivity index (χ1) is 16.2. The molecule has 0 aliphatic carbocycles. The fourth-order valence-electron chi connectivity index (χ4n) is 3.78. The topological polar surface area (TPSA) is 47.6 Å². The molecule has 4 nitrogen and oxygen atoms in total. The van der Waals surface area contributed by atoms with Gasteiger partial charge >= 0.3 is 0 Å². The Bertz CT molecular complexity index is 1160. The molecule has 1 amide bonds. The van der Waals surface area contributed by atoms with E-state index in [1.54, 1.807) is 7.11 Å². The van der Waals surface area contributed by atoms with E-state index in [2.05, 4.69) is 17.4 Å². The molecule has 0 saturated heterocycles. The minimum absolute atomic E-state index is 0.0313. The summed E-state index contributed by atoms with van der Waals surface area (Å²) in [7, 11) is 1.61. The van der Waals surface area contributed by atoms with Gasteiger partial charge in [-0.2, -0.15) is 0 Å². The smallest absolute Gasteiger partial charge is 0.224 e. The van der Waals surface area contributed by atoms with Gasteiger partial charge in [-0.3, -0.25) is 4.79 Å². The number of hydrogen-bond acceptors (Lipinski definition) is 3. The SMILES string of the molecule is COc1cccc(NC(=O)CC(Cc2ccccc2)c2ccc(Oc3ccccc3)cc2)c1. The van der Waals surface area contributed by atoms with Gasteiger partial charge in [-0.15, -0.1) is 0 Å². The number of para-hydroxylation sites is 1. The van der Waals surface area contributed by atoms with E-state index in [1.165, 1.54) is 5.56 Å². The van der Waals surface area contributed by atoms with E-state index < -0.39 is 0 Å². The summed E-state index contributed by atoms with van der Waals surface area (Å²) in [4.78, 5) is 12.9. The van der Waals surface area contributed by atoms with Crippen LogP contribution in [0.25, 0.3) is 0 Å². The molecule has 0 aromatic heterocycles. The molecule has 0 spiro atoms. The van der Waals surface area contributed by atoms with Gasteiger partial charge in [-0.25, -0.2) is 0 Å². The van der Waals surface area contributed by atoms with E-state index >= 15 is 0 Å². The Morgan fingerprint density at radius 1 is 0.758 bits per heavy atom. The molecule has 4 rings (SSSR count). The van der Waals surface area contributed by atoms with Gasteiger partial charge in [0.15, 0.2) is 0 Å². The summed E-state index contributed by atoms with van der Waals surface area (Å²) in [5, 5.41) is 3.00. The number of rotatable bonds is 9. The lowest BCUT2D eigenvalue weighted by molar-refractivity contribution is -0.116. The first kappa shape index (κ1) is 22.2. The molecule has 0 aliphatic heterocycles. The van der Waals surface area contributed by atoms with E-state index in [0.717, 1.165) is 29.2 Å². The minimum Gasteiger partial charge on any atom is -0.497 e. The molecule has 0 fully saturated rings. The van der Waals surface area contributed by atoms with E-state index in [4.69, 9.17) is 9.47 Å². The predicted octanol–water partition coefficient (Wildman–Crippen LogP) is 6.84. The number of carbonyl (C=O) groups excluding carboxylic acids is 1. The van der Waals surface area contributed by atoms with Crippen LogP contribution in [0.15, 0.2) is 109 Å². The van der Waals surface area contributed by atoms with Crippen molar-refractivity contribution >= 4 is 11.6 Å². The van der Waals surface area contributed by atoms with Gasteiger partial charge in [0.25, 0.3) is 0 Å². The minimum atomic E-state index is -0.0335. The Morgan fingerprint density at radius 2 is 1.39 bits per heavy atom. The number of ether oxygens (including phenoxy) is 2. The molecule has 4 aromatic rings. The Balaban J connectivity index is 1.49. The number of methoxy groups -OCH3 is 1. The fourth-order valence-corrected chi connectivity index (χ4v) is 3.78. The van der Waals surface area contributed by atoms with Crippen molar-refractivity contribution in [2.24, 2.45) is 0 Å². The highest BCUT2D eigenvalue weighted by atomic mass is 16.5. The van der Waals surface area contributed by atoms with Gasteiger partial charge in [0.05, 0.1) is 7.11 Å². The lowest BCUT2D eigenvalue weighted by Gasteiger charge is -2.18. The molecule has 33 heavy (non-hydrogen) atoms. The third kappa shape index (κ3) is 6.47. The van der Waals surface area contributed by atoms with Gasteiger partial charge < -0.3 is 14.8 Å². The first-order valence-electron chi connectivity index (χ1n) is 11.0. The molecular weight excluding hydrogens is 410 g/mol. The summed E-state index contributed by atoms with van der Waals surface area (Å²) >= 11 is 0. The van der Waals surface area contributed by atoms with Crippen LogP contribution in [0, 0.1) is 0 Å². The van der Waals surface area contributed by atoms with Gasteiger partial charge in [0, 0.05) is 18.2 Å². The van der Waals surface area contributed by atoms with E-state index in [1.807, 2.05) is 97.1 Å². The van der Waals surface area contributed by atoms with Crippen LogP contribution in [0.2, 0.25) is 0 Å². The average molecular weight is 438 g/mol. The molecule has 1 unspecified atom stereocenters. The van der Waals surface area contributed by atoms with Crippen molar-refractivity contribution in [1.82, 2.24) is 0 Å². The second kappa shape index (κ2) is 11.0. The highest BCUT2D eigenvalue weighted by molar-refractivity contribution is 5.91. The van der Waals surface area contributed by atoms with Crippen molar-refractivity contribution in [3.05, 3.63) is 120 Å². The Morgan fingerprint density at radius 3 is 2.09 bits per heavy atom. The molecular formula is C29H27NO3. The highest BCUT2D eigenvalue weighted by Gasteiger charge is 2.18. The van der Waals surface area contributed by atoms with Crippen LogP contribution in [0.5, 0.6) is 17.2 Å². The zero-order valence-electron chi connectivity index (χ0n) is 18.6. The van der Waals surface area contributed by atoms with Gasteiger partial charge in [0.2, 0.25) is 5.91 Å². The summed E-state index contributed by atoms with van der Waals surface area (Å²) in [6, 6.07) is 35.4. The molecule has 166 valence electrons. The standard InChI is InChI=1S/C29H27NO3/c1-32-28-14-8-11-25(21-28)30-29(31)20-24(19-22-9-4-2-5-10-22)23-15-17-27(18-16-23)33-26-12-6-3-7-13-26/h2-18,21,24H,19-20H2,1H3,(H,30,31). The second-order valence-electron chi connectivity index (χ2n) is 7.86. The molecule has 4 heteroatoms. The van der Waals surface area contributed by atoms with Crippen LogP contribution in [0.4, 0.5) is 5.69 Å². The van der Waals surface area contributed by atoms with Crippen molar-refractivity contribution in [1.29, 1.82) is 0 Å². The van der Waals surface area contributed by atoms with Crippen LogP contribution in [-0.4, -0.2) is 13.0 Å². The normalized spacial score (nSPS) is 11.4. The lowest BCUT2D eigenvalue weighted by Crippen LogP contribution is -2.17. The van der Waals surface area contributed by atoms with Crippen LogP contribution >= 0.6 is 0 Å². The Kier molecular flexibility index (Phi) is 7.39. The monoisotopic (exact) mass is 437 g/mol. The maximum atomic E-state index is 12.9. The summed E-state index contributed by atoms with van der Waals surface area (Å²) in [5.74, 6) is 2.27. The van der Waals surface area contributed by atoms with E-state index in [-0.39, 0.29) is 11.8 Å². The fraction of sp³-hybridized carbons (Fsp3) is 0.138. The number of anilines is 1. The quantitative estimate of drug-likeness (QED) is 0.312. The van der Waals surface area contributed by atoms with Crippen LogP contribution in [-0.2, 0) is 11.2 Å². The Labute approximate surface area is 194 Å². The number of carbonyl (C=O) groups is 1. The average Bonchev–Trinajstić information content (AvgIpc) is 2.85. The lowest BCUT2D eigenvalue weighted by atomic mass is 9.89. The largest absolute Gasteiger partial charge is 0.497 e. The van der Waals surface area contributed by atoms with E-state index in [9.17, 15) is 4.79 Å². The summed E-state index contributed by atoms with van der Waals surface area (Å²) in [6.45, 7) is 0. The first-order valence-corrected chi connectivity index (χ1v) is 11.0. The van der Waals surface area contributed by atoms with Crippen LogP contribution < -0.4 is 14.8 Å². The van der Waals surface area contributed by atoms with Crippen LogP contribution in [0.1, 0.15) is 23.5 Å². The molecule has 0 radical (unpaired) electrons. The number of benzene rings is 4. The molecule has 0 heterocycles. The van der Waals surface area contributed by atoms with Gasteiger partial charge in [-0.05, 0) is 59.9 Å². The maximum Gasteiger partial charge on any atom is 0.224 e. The summed E-state index contributed by atoms with van der Waals surface area (Å²) < 4.78 is 11.2. The van der Waals surface area contributed by atoms with Gasteiger partial charge in [0.1, 0.15) is 17.2 Å². The van der Waals surface area contributed by atoms with Crippen molar-refractivity contribution in [3.8, 4) is 17.2 Å². The third-order valence-corrected chi connectivity index (χ3v) is 5.44. The van der Waals surface area contributed by atoms with Crippen molar-refractivity contribution in [2.45, 2.75) is 18.8 Å². The molecule has 0 aliphatic rings. The number of nitrogens with one attached hydrogen (secondary N) is 1. The van der Waals surface area contributed by atoms with Gasteiger partial charge in [-0.1, -0.05) is 66.7 Å². The van der Waals surface area contributed by atoms with Crippen molar-refractivity contribution < 1.29 is 14.3 Å². The zero-order chi connectivity index (χ0) is 22.9. The molecule has 1 atom stereocenters. The maximum absolute atomic E-state index is 12.9. The summed E-state index contributed by atoms with van der Waals surface area (Å²) in [6.07, 6.45) is 1.14. The van der Waals surface area contributed by atoms with Crippen molar-refractivity contribution in [3.63, 3.8) is 0 Å². The van der Waals surface area contributed by atoms with Crippen molar-refractivity contribution in [2.75, 3.05) is 12.4 Å². The third-order valence-electron chi connectivity index (χ3n) is 5.44. The summed E-state index contributed by atoms with van der Waals surface area (Å²) in [5.41, 5.74) is 3.02. The zero-order valence-corrected chi connectivity index (χ0v) is 18.6. The second-order valence-corrected chi connectivity index (χ2v) is 7.86. The Hall–Kier alpha value is -4.05.